The summed E-state index contributed by atoms with van der Waals surface area (Å²) in [5.74, 6) is -2.35. The maximum absolute atomic E-state index is 14.9. The molecule has 2 heterocycles. The number of hydrogen-bond donors (Lipinski definition) is 3. The topological polar surface area (TPSA) is 188 Å². The van der Waals surface area contributed by atoms with Crippen molar-refractivity contribution in [1.29, 1.82) is 0 Å². The molecule has 3 amide bonds. The van der Waals surface area contributed by atoms with E-state index in [1.54, 1.807) is 13.2 Å². The Labute approximate surface area is 341 Å². The molecule has 0 saturated heterocycles. The third-order valence-electron chi connectivity index (χ3n) is 12.7. The molecule has 7 rings (SSSR count). The third-order valence-corrected chi connectivity index (χ3v) is 14.5. The molecule has 1 unspecified atom stereocenters. The van der Waals surface area contributed by atoms with Crippen LogP contribution < -0.4 is 29.6 Å². The normalized spacial score (nSPS) is 30.8. The summed E-state index contributed by atoms with van der Waals surface area (Å²) in [5.41, 5.74) is -0.818. The van der Waals surface area contributed by atoms with E-state index >= 15 is 0 Å². The molecule has 1 aromatic heterocycles. The van der Waals surface area contributed by atoms with Gasteiger partial charge in [-0.2, -0.15) is 0 Å². The zero-order chi connectivity index (χ0) is 41.6. The van der Waals surface area contributed by atoms with E-state index in [-0.39, 0.29) is 43.0 Å². The van der Waals surface area contributed by atoms with Gasteiger partial charge in [-0.3, -0.25) is 19.1 Å². The SMILES string of the molecule is CCOc1cc2c3cc(c(OC)cc3n1)/C=C/C[C@H]1CCCC[C@@H]1OC(=O)N[C@@H](C(C)(C)C)C(=O)C1C[C@@H](C[C@H]1C(=O)N[C@]1(C(=O)NS(=O)(=O)C3CC3)C[C@H]1CC)O2. The van der Waals surface area contributed by atoms with Gasteiger partial charge in [0.2, 0.25) is 21.8 Å². The molecule has 3 N–H and O–H groups in total. The second kappa shape index (κ2) is 16.3. The predicted molar refractivity (Wildman–Crippen MR) is 217 cm³/mol. The Bertz CT molecular complexity index is 2080. The summed E-state index contributed by atoms with van der Waals surface area (Å²) in [6.45, 7) is 9.67. The molecule has 4 bridgehead atoms. The molecule has 15 heteroatoms. The number of fused-ring (bicyclic) bond motifs is 4. The quantitative estimate of drug-likeness (QED) is 0.269. The number of ether oxygens (including phenoxy) is 4. The minimum absolute atomic E-state index is 0.0704. The second-order valence-electron chi connectivity index (χ2n) is 17.8. The van der Waals surface area contributed by atoms with Crippen LogP contribution in [-0.4, -0.2) is 79.8 Å². The average molecular weight is 823 g/mol. The molecule has 1 aromatic carbocycles. The van der Waals surface area contributed by atoms with Gasteiger partial charge in [0, 0.05) is 29.0 Å². The number of Topliss-reactive ketones (excluding diaryl/α,β-unsaturated/α-hetero) is 1. The molecule has 2 aromatic rings. The minimum atomic E-state index is -3.87. The molecule has 4 aliphatic carbocycles. The van der Waals surface area contributed by atoms with Gasteiger partial charge in [-0.05, 0) is 88.0 Å². The largest absolute Gasteiger partial charge is 0.496 e. The van der Waals surface area contributed by atoms with Gasteiger partial charge in [0.25, 0.3) is 5.91 Å². The lowest BCUT2D eigenvalue weighted by atomic mass is 9.77. The Kier molecular flexibility index (Phi) is 11.8. The first-order valence-electron chi connectivity index (χ1n) is 20.9. The molecule has 4 saturated carbocycles. The van der Waals surface area contributed by atoms with Gasteiger partial charge in [0.15, 0.2) is 5.78 Å². The highest BCUT2D eigenvalue weighted by molar-refractivity contribution is 7.91. The fraction of sp³-hybridized carbons (Fsp3) is 0.651. The van der Waals surface area contributed by atoms with Crippen LogP contribution in [0.15, 0.2) is 24.3 Å². The Hall–Kier alpha value is -4.40. The highest BCUT2D eigenvalue weighted by Gasteiger charge is 2.62. The maximum atomic E-state index is 14.9. The van der Waals surface area contributed by atoms with Crippen molar-refractivity contribution in [2.45, 2.75) is 134 Å². The highest BCUT2D eigenvalue weighted by atomic mass is 32.2. The molecule has 0 spiro atoms. The van der Waals surface area contributed by atoms with Crippen molar-refractivity contribution in [2.24, 2.45) is 29.1 Å². The Morgan fingerprint density at radius 2 is 1.79 bits per heavy atom. The van der Waals surface area contributed by atoms with Gasteiger partial charge < -0.3 is 29.6 Å². The Balaban J connectivity index is 1.28. The maximum Gasteiger partial charge on any atom is 0.408 e. The molecular weight excluding hydrogens is 765 g/mol. The number of carbonyl (C=O) groups excluding carboxylic acids is 4. The first kappa shape index (κ1) is 41.7. The van der Waals surface area contributed by atoms with Crippen molar-refractivity contribution in [3.8, 4) is 17.4 Å². The fourth-order valence-corrected chi connectivity index (χ4v) is 10.6. The van der Waals surface area contributed by atoms with Crippen LogP contribution in [0.4, 0.5) is 4.79 Å². The summed E-state index contributed by atoms with van der Waals surface area (Å²) >= 11 is 0. The molecule has 1 aliphatic heterocycles. The number of nitrogens with zero attached hydrogens (tertiary/aromatic N) is 1. The molecule has 4 fully saturated rings. The van der Waals surface area contributed by atoms with Crippen LogP contribution in [-0.2, 0) is 29.1 Å². The van der Waals surface area contributed by atoms with E-state index in [0.717, 1.165) is 24.8 Å². The molecule has 0 radical (unpaired) electrons. The first-order chi connectivity index (χ1) is 27.6. The minimum Gasteiger partial charge on any atom is -0.496 e. The van der Waals surface area contributed by atoms with E-state index in [2.05, 4.69) is 21.4 Å². The van der Waals surface area contributed by atoms with E-state index in [0.29, 0.717) is 67.0 Å². The molecule has 58 heavy (non-hydrogen) atoms. The number of pyridine rings is 1. The molecule has 316 valence electrons. The second-order valence-corrected chi connectivity index (χ2v) is 19.8. The summed E-state index contributed by atoms with van der Waals surface area (Å²) in [7, 11) is -2.28. The van der Waals surface area contributed by atoms with Gasteiger partial charge in [0.1, 0.15) is 29.2 Å². The Morgan fingerprint density at radius 1 is 1.03 bits per heavy atom. The molecule has 14 nitrogen and oxygen atoms in total. The van der Waals surface area contributed by atoms with Crippen LogP contribution in [0.1, 0.15) is 111 Å². The number of ketones is 1. The van der Waals surface area contributed by atoms with Gasteiger partial charge >= 0.3 is 6.09 Å². The lowest BCUT2D eigenvalue weighted by molar-refractivity contribution is -0.137. The van der Waals surface area contributed by atoms with Crippen molar-refractivity contribution in [3.05, 3.63) is 29.8 Å². The van der Waals surface area contributed by atoms with Gasteiger partial charge in [-0.25, -0.2) is 18.2 Å². The van der Waals surface area contributed by atoms with E-state index in [1.807, 2.05) is 52.8 Å². The smallest absolute Gasteiger partial charge is 0.408 e. The lowest BCUT2D eigenvalue weighted by Gasteiger charge is -2.35. The number of aromatic nitrogens is 1. The Morgan fingerprint density at radius 3 is 2.47 bits per heavy atom. The van der Waals surface area contributed by atoms with Gasteiger partial charge in [0.05, 0.1) is 36.4 Å². The fourth-order valence-electron chi connectivity index (χ4n) is 9.21. The summed E-state index contributed by atoms with van der Waals surface area (Å²) < 4.78 is 52.4. The van der Waals surface area contributed by atoms with E-state index < -0.39 is 68.1 Å². The molecule has 8 atom stereocenters. The van der Waals surface area contributed by atoms with Gasteiger partial charge in [-0.1, -0.05) is 52.7 Å². The number of nitrogens with one attached hydrogen (secondary N) is 3. The average Bonchev–Trinajstić information content (AvgIpc) is 4.10. The summed E-state index contributed by atoms with van der Waals surface area (Å²) in [4.78, 5) is 61.6. The standard InChI is InChI=1S/C43H58N4O10S/c1-7-26-23-43(26,40(50)47-58(52,53)28-16-17-28)46-39(49)30-20-27-19-29(30)37(48)38(42(3,4)5)45-41(51)57-33-15-10-9-12-24(33)13-11-14-25-18-31-32(21-34(25)54-6)44-36(55-8-2)22-35(31)56-27/h11,14,18,21-22,24,26-30,33,38H,7-10,12-13,15-17,19-20,23H2,1-6H3,(H,45,51)(H,46,49)(H,47,50)/b14-11+/t24-,26-,27+,29?,30-,33+,38-,43-/m1/s1. The zero-order valence-electron chi connectivity index (χ0n) is 34.4. The number of hydrogen-bond acceptors (Lipinski definition) is 11. The number of rotatable bonds is 9. The van der Waals surface area contributed by atoms with E-state index in [9.17, 15) is 27.6 Å². The monoisotopic (exact) mass is 822 g/mol. The highest BCUT2D eigenvalue weighted by Crippen LogP contribution is 2.48. The number of allylic oxidation sites excluding steroid dienone is 1. The van der Waals surface area contributed by atoms with Crippen molar-refractivity contribution in [2.75, 3.05) is 13.7 Å². The zero-order valence-corrected chi connectivity index (χ0v) is 35.2. The van der Waals surface area contributed by atoms with E-state index in [1.165, 1.54) is 0 Å². The van der Waals surface area contributed by atoms with Crippen molar-refractivity contribution < 1.29 is 46.5 Å². The van der Waals surface area contributed by atoms with Crippen molar-refractivity contribution in [3.63, 3.8) is 0 Å². The summed E-state index contributed by atoms with van der Waals surface area (Å²) in [6.07, 6.45) is 8.58. The number of sulfonamides is 1. The molecular formula is C43H58N4O10S. The van der Waals surface area contributed by atoms with E-state index in [4.69, 9.17) is 23.9 Å². The van der Waals surface area contributed by atoms with Crippen LogP contribution in [0.25, 0.3) is 17.0 Å². The van der Waals surface area contributed by atoms with Crippen molar-refractivity contribution >= 4 is 50.7 Å². The number of methoxy groups -OCH3 is 1. The predicted octanol–water partition coefficient (Wildman–Crippen LogP) is 5.99. The number of amides is 3. The number of carbonyl (C=O) groups is 4. The van der Waals surface area contributed by atoms with Crippen LogP contribution in [0.3, 0.4) is 0 Å². The third kappa shape index (κ3) is 8.65. The lowest BCUT2D eigenvalue weighted by Crippen LogP contribution is -2.56. The van der Waals surface area contributed by atoms with Crippen LogP contribution in [0.5, 0.6) is 17.4 Å². The van der Waals surface area contributed by atoms with Crippen LogP contribution >= 0.6 is 0 Å². The first-order valence-corrected chi connectivity index (χ1v) is 22.5. The van der Waals surface area contributed by atoms with Crippen molar-refractivity contribution in [1.82, 2.24) is 20.3 Å². The van der Waals surface area contributed by atoms with Gasteiger partial charge in [-0.15, -0.1) is 0 Å². The number of benzene rings is 1. The van der Waals surface area contributed by atoms with Crippen LogP contribution in [0.2, 0.25) is 0 Å². The number of alkyl carbamates (subject to hydrolysis) is 1. The summed E-state index contributed by atoms with van der Waals surface area (Å²) in [5, 5.41) is 5.92. The summed E-state index contributed by atoms with van der Waals surface area (Å²) in [6, 6.07) is 4.47. The molecule has 5 aliphatic rings. The van der Waals surface area contributed by atoms with Crippen LogP contribution in [0, 0.1) is 29.1 Å².